The van der Waals surface area contributed by atoms with Crippen molar-refractivity contribution < 1.29 is 13.2 Å². The molecule has 0 aliphatic carbocycles. The molecular weight excluding hydrogens is 309 g/mol. The van der Waals surface area contributed by atoms with Crippen molar-refractivity contribution in [1.29, 1.82) is 0 Å². The number of aromatic nitrogens is 4. The van der Waals surface area contributed by atoms with Gasteiger partial charge in [-0.25, -0.2) is 14.6 Å². The molecule has 0 radical (unpaired) electrons. The van der Waals surface area contributed by atoms with Gasteiger partial charge < -0.3 is 0 Å². The maximum absolute atomic E-state index is 13.1. The molecule has 0 aliphatic rings. The molecule has 0 aliphatic heterocycles. The Morgan fingerprint density at radius 2 is 1.78 bits per heavy atom. The fourth-order valence-corrected chi connectivity index (χ4v) is 2.09. The summed E-state index contributed by atoms with van der Waals surface area (Å²) >= 11 is 0. The van der Waals surface area contributed by atoms with Gasteiger partial charge in [0, 0.05) is 23.4 Å². The predicted octanol–water partition coefficient (Wildman–Crippen LogP) is 2.95. The first-order valence-corrected chi connectivity index (χ1v) is 6.65. The third kappa shape index (κ3) is 3.01. The third-order valence-corrected chi connectivity index (χ3v) is 3.11. The molecule has 0 saturated heterocycles. The van der Waals surface area contributed by atoms with E-state index in [1.807, 2.05) is 0 Å². The first kappa shape index (κ1) is 15.0. The highest BCUT2D eigenvalue weighted by molar-refractivity contribution is 5.56. The van der Waals surface area contributed by atoms with Gasteiger partial charge in [-0.2, -0.15) is 13.2 Å². The Morgan fingerprint density at radius 1 is 1.09 bits per heavy atom. The number of rotatable bonds is 2. The molecule has 0 amide bonds. The van der Waals surface area contributed by atoms with E-state index < -0.39 is 17.4 Å². The second-order valence-electron chi connectivity index (χ2n) is 4.91. The highest BCUT2D eigenvalue weighted by Gasteiger charge is 2.34. The van der Waals surface area contributed by atoms with Crippen LogP contribution in [0.3, 0.4) is 0 Å². The molecule has 2 heterocycles. The lowest BCUT2D eigenvalue weighted by Crippen LogP contribution is -2.18. The van der Waals surface area contributed by atoms with E-state index in [4.69, 9.17) is 0 Å². The number of H-pyrrole nitrogens is 1. The fraction of sp³-hybridized carbons (Fsp3) is 0.133. The number of nitrogens with zero attached hydrogens (tertiary/aromatic N) is 3. The molecule has 5 nitrogen and oxygen atoms in total. The Kier molecular flexibility index (Phi) is 3.51. The molecule has 2 aromatic heterocycles. The fourth-order valence-electron chi connectivity index (χ4n) is 2.09. The van der Waals surface area contributed by atoms with Gasteiger partial charge in [0.25, 0.3) is 5.56 Å². The molecular formula is C15H11F3N4O. The van der Waals surface area contributed by atoms with Gasteiger partial charge in [-0.1, -0.05) is 30.3 Å². The van der Waals surface area contributed by atoms with E-state index in [1.54, 1.807) is 37.3 Å². The number of hydrogen-bond acceptors (Lipinski definition) is 3. The zero-order valence-electron chi connectivity index (χ0n) is 11.9. The van der Waals surface area contributed by atoms with Gasteiger partial charge in [0.2, 0.25) is 0 Å². The Labute approximate surface area is 128 Å². The zero-order valence-corrected chi connectivity index (χ0v) is 11.9. The van der Waals surface area contributed by atoms with Gasteiger partial charge in [-0.05, 0) is 6.92 Å². The van der Waals surface area contributed by atoms with Crippen LogP contribution in [0.5, 0.6) is 0 Å². The Morgan fingerprint density at radius 3 is 2.35 bits per heavy atom. The van der Waals surface area contributed by atoms with Crippen molar-refractivity contribution >= 4 is 0 Å². The standard InChI is InChI=1S/C15H11F3N4O/c1-9-7-13(23)22(21-9)12-8-11(15(16,17)18)19-14(20-12)10-5-3-2-4-6-10/h2-8,21H,1H3. The monoisotopic (exact) mass is 320 g/mol. The third-order valence-electron chi connectivity index (χ3n) is 3.11. The van der Waals surface area contributed by atoms with Crippen LogP contribution in [-0.2, 0) is 6.18 Å². The van der Waals surface area contributed by atoms with E-state index in [2.05, 4.69) is 15.1 Å². The minimum Gasteiger partial charge on any atom is -0.294 e. The first-order chi connectivity index (χ1) is 10.8. The molecule has 0 bridgehead atoms. The lowest BCUT2D eigenvalue weighted by molar-refractivity contribution is -0.141. The van der Waals surface area contributed by atoms with Crippen molar-refractivity contribution in [2.75, 3.05) is 0 Å². The number of aryl methyl sites for hydroxylation is 1. The van der Waals surface area contributed by atoms with Crippen molar-refractivity contribution in [3.63, 3.8) is 0 Å². The van der Waals surface area contributed by atoms with Gasteiger partial charge >= 0.3 is 6.18 Å². The smallest absolute Gasteiger partial charge is 0.294 e. The molecule has 0 atom stereocenters. The number of hydrogen-bond donors (Lipinski definition) is 1. The van der Waals surface area contributed by atoms with Crippen molar-refractivity contribution in [3.8, 4) is 17.2 Å². The van der Waals surface area contributed by atoms with E-state index in [9.17, 15) is 18.0 Å². The lowest BCUT2D eigenvalue weighted by atomic mass is 10.2. The van der Waals surface area contributed by atoms with E-state index >= 15 is 0 Å². The van der Waals surface area contributed by atoms with E-state index in [0.717, 1.165) is 10.7 Å². The molecule has 3 rings (SSSR count). The maximum atomic E-state index is 13.1. The molecule has 0 unspecified atom stereocenters. The first-order valence-electron chi connectivity index (χ1n) is 6.65. The molecule has 1 aromatic carbocycles. The highest BCUT2D eigenvalue weighted by atomic mass is 19.4. The lowest BCUT2D eigenvalue weighted by Gasteiger charge is -2.10. The van der Waals surface area contributed by atoms with Gasteiger partial charge in [-0.3, -0.25) is 9.89 Å². The van der Waals surface area contributed by atoms with Gasteiger partial charge in [0.05, 0.1) is 0 Å². The summed E-state index contributed by atoms with van der Waals surface area (Å²) in [5.41, 5.74) is -0.659. The van der Waals surface area contributed by atoms with Crippen molar-refractivity contribution in [2.45, 2.75) is 13.1 Å². The van der Waals surface area contributed by atoms with E-state index in [-0.39, 0.29) is 11.6 Å². The summed E-state index contributed by atoms with van der Waals surface area (Å²) in [4.78, 5) is 19.5. The minimum absolute atomic E-state index is 0.102. The molecule has 118 valence electrons. The van der Waals surface area contributed by atoms with Crippen molar-refractivity contribution in [2.24, 2.45) is 0 Å². The largest absolute Gasteiger partial charge is 0.433 e. The van der Waals surface area contributed by atoms with Gasteiger partial charge in [-0.15, -0.1) is 0 Å². The van der Waals surface area contributed by atoms with Crippen LogP contribution >= 0.6 is 0 Å². The summed E-state index contributed by atoms with van der Waals surface area (Å²) in [6, 6.07) is 10.3. The van der Waals surface area contributed by atoms with Crippen LogP contribution < -0.4 is 5.56 Å². The zero-order chi connectivity index (χ0) is 16.6. The number of aromatic amines is 1. The normalized spacial score (nSPS) is 11.7. The van der Waals surface area contributed by atoms with Crippen molar-refractivity contribution in [3.05, 3.63) is 64.2 Å². The van der Waals surface area contributed by atoms with Crippen LogP contribution in [0.4, 0.5) is 13.2 Å². The summed E-state index contributed by atoms with van der Waals surface area (Å²) in [7, 11) is 0. The average Bonchev–Trinajstić information content (AvgIpc) is 2.85. The van der Waals surface area contributed by atoms with Gasteiger partial charge in [0.1, 0.15) is 0 Å². The van der Waals surface area contributed by atoms with Crippen LogP contribution in [0.15, 0.2) is 47.3 Å². The van der Waals surface area contributed by atoms with E-state index in [0.29, 0.717) is 11.3 Å². The molecule has 23 heavy (non-hydrogen) atoms. The molecule has 1 N–H and O–H groups in total. The van der Waals surface area contributed by atoms with Crippen LogP contribution in [0.1, 0.15) is 11.4 Å². The quantitative estimate of drug-likeness (QED) is 0.789. The minimum atomic E-state index is -4.65. The average molecular weight is 320 g/mol. The summed E-state index contributed by atoms with van der Waals surface area (Å²) in [6.07, 6.45) is -4.65. The topological polar surface area (TPSA) is 63.6 Å². The van der Waals surface area contributed by atoms with E-state index in [1.165, 1.54) is 6.07 Å². The number of halogens is 3. The molecule has 3 aromatic rings. The molecule has 0 spiro atoms. The Bertz CT molecular complexity index is 897. The Hall–Kier alpha value is -2.90. The SMILES string of the molecule is Cc1cc(=O)n(-c2cc(C(F)(F)F)nc(-c3ccccc3)n2)[nH]1. The number of nitrogens with one attached hydrogen (secondary N) is 1. The molecule has 0 saturated carbocycles. The number of alkyl halides is 3. The van der Waals surface area contributed by atoms with Crippen LogP contribution in [0, 0.1) is 6.92 Å². The summed E-state index contributed by atoms with van der Waals surface area (Å²) in [5, 5.41) is 2.66. The maximum Gasteiger partial charge on any atom is 0.433 e. The molecule has 0 fully saturated rings. The second-order valence-corrected chi connectivity index (χ2v) is 4.91. The van der Waals surface area contributed by atoms with Gasteiger partial charge in [0.15, 0.2) is 17.3 Å². The summed E-state index contributed by atoms with van der Waals surface area (Å²) in [5.74, 6) is -0.265. The summed E-state index contributed by atoms with van der Waals surface area (Å²) in [6.45, 7) is 1.63. The second kappa shape index (κ2) is 5.38. The predicted molar refractivity (Wildman–Crippen MR) is 77.2 cm³/mol. The summed E-state index contributed by atoms with van der Waals surface area (Å²) < 4.78 is 40.2. The van der Waals surface area contributed by atoms with Crippen LogP contribution in [-0.4, -0.2) is 19.7 Å². The Balaban J connectivity index is 2.24. The highest BCUT2D eigenvalue weighted by Crippen LogP contribution is 2.30. The number of benzene rings is 1. The van der Waals surface area contributed by atoms with Crippen molar-refractivity contribution in [1.82, 2.24) is 19.7 Å². The molecule has 8 heteroatoms. The van der Waals surface area contributed by atoms with Crippen LogP contribution in [0.25, 0.3) is 17.2 Å². The van der Waals surface area contributed by atoms with Crippen LogP contribution in [0.2, 0.25) is 0 Å².